The summed E-state index contributed by atoms with van der Waals surface area (Å²) in [5.41, 5.74) is 0.0425. The average Bonchev–Trinajstić information content (AvgIpc) is 2.67. The van der Waals surface area contributed by atoms with Gasteiger partial charge in [0.25, 0.3) is 0 Å². The summed E-state index contributed by atoms with van der Waals surface area (Å²) in [6, 6.07) is 1.70. The van der Waals surface area contributed by atoms with Crippen LogP contribution in [0.3, 0.4) is 0 Å². The van der Waals surface area contributed by atoms with Gasteiger partial charge < -0.3 is 5.11 Å². The van der Waals surface area contributed by atoms with Gasteiger partial charge in [0.05, 0.1) is 5.02 Å². The van der Waals surface area contributed by atoms with Gasteiger partial charge in [-0.05, 0) is 19.9 Å². The minimum absolute atomic E-state index is 0.0894. The van der Waals surface area contributed by atoms with E-state index >= 15 is 0 Å². The van der Waals surface area contributed by atoms with Gasteiger partial charge in [0.15, 0.2) is 5.65 Å². The molecule has 0 aliphatic carbocycles. The third kappa shape index (κ3) is 2.18. The number of carboxylic acids is 1. The first-order valence-corrected chi connectivity index (χ1v) is 6.40. The van der Waals surface area contributed by atoms with E-state index in [0.717, 1.165) is 0 Å². The molecule has 0 aliphatic rings. The molecule has 2 aromatic heterocycles. The Hall–Kier alpha value is -1.62. The summed E-state index contributed by atoms with van der Waals surface area (Å²) in [6.45, 7) is 7.21. The number of halogens is 1. The van der Waals surface area contributed by atoms with Crippen LogP contribution in [0.2, 0.25) is 5.02 Å². The molecule has 0 bridgehead atoms. The van der Waals surface area contributed by atoms with Crippen LogP contribution in [0.1, 0.15) is 39.4 Å². The predicted molar refractivity (Wildman–Crippen MR) is 73.6 cm³/mol. The summed E-state index contributed by atoms with van der Waals surface area (Å²) in [5, 5.41) is 9.92. The highest BCUT2D eigenvalue weighted by atomic mass is 35.5. The summed E-state index contributed by atoms with van der Waals surface area (Å²) in [4.78, 5) is 20.2. The number of pyridine rings is 1. The Morgan fingerprint density at radius 1 is 1.47 bits per heavy atom. The molecule has 0 amide bonds. The molecule has 102 valence electrons. The Kier molecular flexibility index (Phi) is 3.26. The smallest absolute Gasteiger partial charge is 0.329 e. The highest BCUT2D eigenvalue weighted by Crippen LogP contribution is 2.29. The Labute approximate surface area is 116 Å². The van der Waals surface area contributed by atoms with Crippen molar-refractivity contribution >= 4 is 28.7 Å². The van der Waals surface area contributed by atoms with Crippen LogP contribution in [0.5, 0.6) is 0 Å². The molecular formula is C13H16ClN3O2. The number of carboxylic acid groups (broad SMARTS) is 1. The molecule has 5 nitrogen and oxygen atoms in total. The molecule has 0 fully saturated rings. The van der Waals surface area contributed by atoms with E-state index in [1.165, 1.54) is 6.20 Å². The normalized spacial score (nSPS) is 12.3. The minimum atomic E-state index is -1.12. The molecule has 0 radical (unpaired) electrons. The summed E-state index contributed by atoms with van der Waals surface area (Å²) < 4.78 is 1.67. The van der Waals surface area contributed by atoms with Crippen molar-refractivity contribution in [3.63, 3.8) is 0 Å². The SMILES string of the molecule is CC(C)c1nc2cc(Cl)cnc2n1C(C)(C)C(=O)O. The number of hydrogen-bond donors (Lipinski definition) is 1. The fraction of sp³-hybridized carbons (Fsp3) is 0.462. The molecule has 19 heavy (non-hydrogen) atoms. The molecule has 2 rings (SSSR count). The number of hydrogen-bond acceptors (Lipinski definition) is 3. The van der Waals surface area contributed by atoms with Gasteiger partial charge in [-0.1, -0.05) is 25.4 Å². The van der Waals surface area contributed by atoms with Crippen molar-refractivity contribution in [1.29, 1.82) is 0 Å². The van der Waals surface area contributed by atoms with Crippen LogP contribution < -0.4 is 0 Å². The predicted octanol–water partition coefficient (Wildman–Crippen LogP) is 3.03. The number of rotatable bonds is 3. The van der Waals surface area contributed by atoms with Crippen molar-refractivity contribution < 1.29 is 9.90 Å². The minimum Gasteiger partial charge on any atom is -0.480 e. The molecule has 1 N–H and O–H groups in total. The summed E-state index contributed by atoms with van der Waals surface area (Å²) >= 11 is 5.91. The summed E-state index contributed by atoms with van der Waals surface area (Å²) in [5.74, 6) is -0.144. The van der Waals surface area contributed by atoms with Gasteiger partial charge in [-0.25, -0.2) is 14.8 Å². The maximum atomic E-state index is 11.5. The molecule has 2 aromatic rings. The first kappa shape index (κ1) is 13.8. The van der Waals surface area contributed by atoms with Gasteiger partial charge in [-0.15, -0.1) is 0 Å². The molecule has 0 atom stereocenters. The first-order valence-electron chi connectivity index (χ1n) is 6.03. The van der Waals surface area contributed by atoms with Crippen molar-refractivity contribution in [1.82, 2.24) is 14.5 Å². The molecule has 0 aromatic carbocycles. The monoisotopic (exact) mass is 281 g/mol. The van der Waals surface area contributed by atoms with Crippen LogP contribution >= 0.6 is 11.6 Å². The second-order valence-corrected chi connectivity index (χ2v) is 5.76. The third-order valence-corrected chi connectivity index (χ3v) is 3.30. The summed E-state index contributed by atoms with van der Waals surface area (Å²) in [7, 11) is 0. The van der Waals surface area contributed by atoms with E-state index in [-0.39, 0.29) is 5.92 Å². The first-order chi connectivity index (χ1) is 8.75. The van der Waals surface area contributed by atoms with Crippen molar-refractivity contribution in [3.8, 4) is 0 Å². The molecular weight excluding hydrogens is 266 g/mol. The molecule has 2 heterocycles. The van der Waals surface area contributed by atoms with E-state index < -0.39 is 11.5 Å². The van der Waals surface area contributed by atoms with Crippen molar-refractivity contribution in [3.05, 3.63) is 23.1 Å². The lowest BCUT2D eigenvalue weighted by Gasteiger charge is -2.25. The van der Waals surface area contributed by atoms with Crippen molar-refractivity contribution in [2.24, 2.45) is 0 Å². The number of imidazole rings is 1. The van der Waals surface area contributed by atoms with Crippen LogP contribution in [0.25, 0.3) is 11.2 Å². The number of aromatic nitrogens is 3. The largest absolute Gasteiger partial charge is 0.480 e. The van der Waals surface area contributed by atoms with Gasteiger partial charge >= 0.3 is 5.97 Å². The quantitative estimate of drug-likeness (QED) is 0.939. The standard InChI is InChI=1S/C13H16ClN3O2/c1-7(2)10-16-9-5-8(14)6-15-11(9)17(10)13(3,4)12(18)19/h5-7H,1-4H3,(H,18,19). The molecule has 0 spiro atoms. The third-order valence-electron chi connectivity index (χ3n) is 3.09. The number of nitrogens with zero attached hydrogens (tertiary/aromatic N) is 3. The number of carbonyl (C=O) groups is 1. The van der Waals surface area contributed by atoms with E-state index in [2.05, 4.69) is 9.97 Å². The zero-order valence-corrected chi connectivity index (χ0v) is 12.1. The Morgan fingerprint density at radius 2 is 2.11 bits per heavy atom. The topological polar surface area (TPSA) is 68.0 Å². The lowest BCUT2D eigenvalue weighted by atomic mass is 10.0. The lowest BCUT2D eigenvalue weighted by molar-refractivity contribution is -0.145. The maximum Gasteiger partial charge on any atom is 0.329 e. The lowest BCUT2D eigenvalue weighted by Crippen LogP contribution is -2.37. The van der Waals surface area contributed by atoms with Crippen molar-refractivity contribution in [2.45, 2.75) is 39.2 Å². The molecule has 6 heteroatoms. The second kappa shape index (κ2) is 4.49. The average molecular weight is 282 g/mol. The van der Waals surface area contributed by atoms with E-state index in [1.54, 1.807) is 24.5 Å². The molecule has 0 saturated heterocycles. The molecule has 0 unspecified atom stereocenters. The number of fused-ring (bicyclic) bond motifs is 1. The van der Waals surface area contributed by atoms with Gasteiger partial charge in [0, 0.05) is 12.1 Å². The van der Waals surface area contributed by atoms with Gasteiger partial charge in [0.2, 0.25) is 0 Å². The Balaban J connectivity index is 2.83. The zero-order valence-electron chi connectivity index (χ0n) is 11.3. The highest BCUT2D eigenvalue weighted by Gasteiger charge is 2.34. The summed E-state index contributed by atoms with van der Waals surface area (Å²) in [6.07, 6.45) is 1.50. The Morgan fingerprint density at radius 3 is 2.63 bits per heavy atom. The van der Waals surface area contributed by atoms with E-state index in [0.29, 0.717) is 22.0 Å². The van der Waals surface area contributed by atoms with Crippen LogP contribution in [0.15, 0.2) is 12.3 Å². The fourth-order valence-electron chi connectivity index (χ4n) is 1.99. The van der Waals surface area contributed by atoms with Crippen LogP contribution in [-0.2, 0) is 10.3 Å². The van der Waals surface area contributed by atoms with Gasteiger partial charge in [-0.2, -0.15) is 0 Å². The fourth-order valence-corrected chi connectivity index (χ4v) is 2.14. The molecule has 0 saturated carbocycles. The van der Waals surface area contributed by atoms with E-state index in [1.807, 2.05) is 13.8 Å². The highest BCUT2D eigenvalue weighted by molar-refractivity contribution is 6.31. The molecule has 0 aliphatic heterocycles. The van der Waals surface area contributed by atoms with Crippen molar-refractivity contribution in [2.75, 3.05) is 0 Å². The van der Waals surface area contributed by atoms with Crippen LogP contribution in [-0.4, -0.2) is 25.6 Å². The Bertz CT molecular complexity index is 647. The van der Waals surface area contributed by atoms with E-state index in [9.17, 15) is 9.90 Å². The van der Waals surface area contributed by atoms with Crippen LogP contribution in [0.4, 0.5) is 0 Å². The van der Waals surface area contributed by atoms with E-state index in [4.69, 9.17) is 11.6 Å². The zero-order chi connectivity index (χ0) is 14.4. The van der Waals surface area contributed by atoms with Gasteiger partial charge in [-0.3, -0.25) is 4.57 Å². The van der Waals surface area contributed by atoms with Gasteiger partial charge in [0.1, 0.15) is 16.9 Å². The second-order valence-electron chi connectivity index (χ2n) is 5.32. The number of aliphatic carboxylic acids is 1. The maximum absolute atomic E-state index is 11.5. The van der Waals surface area contributed by atoms with Crippen LogP contribution in [0, 0.1) is 0 Å².